The molecule has 178 valence electrons. The number of aromatic nitrogens is 2. The number of benzene rings is 2. The third kappa shape index (κ3) is 3.98. The van der Waals surface area contributed by atoms with Gasteiger partial charge in [0.15, 0.2) is 6.61 Å². The molecule has 3 aromatic heterocycles. The van der Waals surface area contributed by atoms with E-state index in [1.807, 2.05) is 49.4 Å². The molecule has 1 N–H and O–H groups in total. The fourth-order valence-corrected chi connectivity index (χ4v) is 4.76. The van der Waals surface area contributed by atoms with E-state index in [9.17, 15) is 9.59 Å². The highest BCUT2D eigenvalue weighted by Crippen LogP contribution is 2.38. The van der Waals surface area contributed by atoms with Crippen molar-refractivity contribution in [3.8, 4) is 5.75 Å². The smallest absolute Gasteiger partial charge is 0.263 e. The van der Waals surface area contributed by atoms with Gasteiger partial charge in [0, 0.05) is 53.6 Å². The zero-order valence-corrected chi connectivity index (χ0v) is 19.9. The first-order chi connectivity index (χ1) is 17.0. The highest BCUT2D eigenvalue weighted by atomic mass is 16.5. The topological polar surface area (TPSA) is 81.9 Å². The van der Waals surface area contributed by atoms with Crippen LogP contribution in [0.4, 0.5) is 0 Å². The second kappa shape index (κ2) is 9.35. The summed E-state index contributed by atoms with van der Waals surface area (Å²) in [7, 11) is 1.63. The van der Waals surface area contributed by atoms with E-state index in [0.717, 1.165) is 50.3 Å². The molecule has 0 spiro atoms. The van der Waals surface area contributed by atoms with Crippen LogP contribution in [0.5, 0.6) is 5.75 Å². The maximum absolute atomic E-state index is 13.6. The van der Waals surface area contributed by atoms with E-state index in [4.69, 9.17) is 9.47 Å². The SMILES string of the molecule is C=C(C)Cc1c(OCC(=O)NCCCOC)ccc2c1c1ccnc3c4ccccc4c(=O)n2c13. The summed E-state index contributed by atoms with van der Waals surface area (Å²) in [5.41, 5.74) is 4.15. The molecule has 7 nitrogen and oxygen atoms in total. The monoisotopic (exact) mass is 469 g/mol. The van der Waals surface area contributed by atoms with E-state index in [1.165, 1.54) is 0 Å². The first-order valence-electron chi connectivity index (χ1n) is 11.6. The molecule has 7 heteroatoms. The molecular weight excluding hydrogens is 442 g/mol. The van der Waals surface area contributed by atoms with Gasteiger partial charge < -0.3 is 14.8 Å². The van der Waals surface area contributed by atoms with Crippen molar-refractivity contribution in [1.29, 1.82) is 0 Å². The number of carbonyl (C=O) groups excluding carboxylic acids is 1. The summed E-state index contributed by atoms with van der Waals surface area (Å²) in [6.07, 6.45) is 3.07. The number of carbonyl (C=O) groups is 1. The van der Waals surface area contributed by atoms with Gasteiger partial charge in [-0.1, -0.05) is 30.4 Å². The van der Waals surface area contributed by atoms with Gasteiger partial charge in [-0.25, -0.2) is 0 Å². The fourth-order valence-electron chi connectivity index (χ4n) is 4.76. The Hall–Kier alpha value is -3.97. The van der Waals surface area contributed by atoms with Crippen molar-refractivity contribution in [2.75, 3.05) is 26.9 Å². The second-order valence-corrected chi connectivity index (χ2v) is 8.80. The predicted molar refractivity (Wildman–Crippen MR) is 139 cm³/mol. The number of hydrogen-bond acceptors (Lipinski definition) is 5. The van der Waals surface area contributed by atoms with Crippen molar-refractivity contribution in [3.05, 3.63) is 76.7 Å². The molecule has 0 aliphatic rings. The van der Waals surface area contributed by atoms with Crippen molar-refractivity contribution < 1.29 is 14.3 Å². The van der Waals surface area contributed by atoms with Crippen molar-refractivity contribution in [1.82, 2.24) is 14.7 Å². The lowest BCUT2D eigenvalue weighted by molar-refractivity contribution is -0.123. The molecule has 0 unspecified atom stereocenters. The van der Waals surface area contributed by atoms with E-state index in [1.54, 1.807) is 17.7 Å². The summed E-state index contributed by atoms with van der Waals surface area (Å²) in [4.78, 5) is 30.5. The molecule has 3 heterocycles. The van der Waals surface area contributed by atoms with E-state index >= 15 is 0 Å². The minimum absolute atomic E-state index is 0.0773. The summed E-state index contributed by atoms with van der Waals surface area (Å²) >= 11 is 0. The van der Waals surface area contributed by atoms with Gasteiger partial charge in [-0.05, 0) is 44.0 Å². The molecule has 35 heavy (non-hydrogen) atoms. The number of allylic oxidation sites excluding steroid dienone is 1. The number of ether oxygens (including phenoxy) is 2. The number of amides is 1. The van der Waals surface area contributed by atoms with Gasteiger partial charge in [0.25, 0.3) is 11.5 Å². The summed E-state index contributed by atoms with van der Waals surface area (Å²) < 4.78 is 12.8. The summed E-state index contributed by atoms with van der Waals surface area (Å²) in [5, 5.41) is 6.16. The lowest BCUT2D eigenvalue weighted by Crippen LogP contribution is -2.30. The Morgan fingerprint density at radius 2 is 1.91 bits per heavy atom. The van der Waals surface area contributed by atoms with Gasteiger partial charge in [-0.3, -0.25) is 19.0 Å². The van der Waals surface area contributed by atoms with Crippen LogP contribution in [0, 0.1) is 0 Å². The number of rotatable bonds is 9. The average molecular weight is 470 g/mol. The van der Waals surface area contributed by atoms with Gasteiger partial charge in [-0.15, -0.1) is 0 Å². The highest BCUT2D eigenvalue weighted by Gasteiger charge is 2.22. The van der Waals surface area contributed by atoms with Gasteiger partial charge in [-0.2, -0.15) is 0 Å². The van der Waals surface area contributed by atoms with Crippen LogP contribution in [0.25, 0.3) is 38.1 Å². The lowest BCUT2D eigenvalue weighted by Gasteiger charge is -2.13. The summed E-state index contributed by atoms with van der Waals surface area (Å²) in [5.74, 6) is 0.411. The van der Waals surface area contributed by atoms with Crippen LogP contribution in [-0.4, -0.2) is 42.2 Å². The van der Waals surface area contributed by atoms with Crippen LogP contribution >= 0.6 is 0 Å². The van der Waals surface area contributed by atoms with E-state index < -0.39 is 0 Å². The first-order valence-corrected chi connectivity index (χ1v) is 11.6. The number of nitrogens with one attached hydrogen (secondary N) is 1. The van der Waals surface area contributed by atoms with Crippen LogP contribution < -0.4 is 15.6 Å². The third-order valence-corrected chi connectivity index (χ3v) is 6.21. The first kappa shape index (κ1) is 22.8. The molecule has 0 bridgehead atoms. The second-order valence-electron chi connectivity index (χ2n) is 8.80. The van der Waals surface area contributed by atoms with Crippen molar-refractivity contribution >= 4 is 44.0 Å². The molecule has 0 fully saturated rings. The van der Waals surface area contributed by atoms with Gasteiger partial charge in [0.1, 0.15) is 5.75 Å². The normalized spacial score (nSPS) is 11.6. The van der Waals surface area contributed by atoms with Crippen LogP contribution in [0.1, 0.15) is 18.9 Å². The maximum Gasteiger partial charge on any atom is 0.263 e. The third-order valence-electron chi connectivity index (χ3n) is 6.21. The Labute approximate surface area is 202 Å². The number of pyridine rings is 2. The average Bonchev–Trinajstić information content (AvgIpc) is 3.20. The van der Waals surface area contributed by atoms with Crippen molar-refractivity contribution in [3.63, 3.8) is 0 Å². The number of fused-ring (bicyclic) bond motifs is 5. The van der Waals surface area contributed by atoms with E-state index in [2.05, 4.69) is 16.9 Å². The molecule has 0 saturated carbocycles. The molecule has 2 aromatic carbocycles. The molecule has 0 aliphatic carbocycles. The Kier molecular flexibility index (Phi) is 6.09. The van der Waals surface area contributed by atoms with Crippen molar-refractivity contribution in [2.45, 2.75) is 19.8 Å². The molecular formula is C28H27N3O4. The van der Waals surface area contributed by atoms with Crippen LogP contribution in [0.2, 0.25) is 0 Å². The molecule has 0 saturated heterocycles. The minimum Gasteiger partial charge on any atom is -0.483 e. The zero-order valence-electron chi connectivity index (χ0n) is 19.9. The summed E-state index contributed by atoms with van der Waals surface area (Å²) in [6.45, 7) is 7.07. The molecule has 1 amide bonds. The van der Waals surface area contributed by atoms with Crippen LogP contribution in [0.3, 0.4) is 0 Å². The number of nitrogens with zero attached hydrogens (tertiary/aromatic N) is 2. The maximum atomic E-state index is 13.6. The largest absolute Gasteiger partial charge is 0.483 e. The Morgan fingerprint density at radius 1 is 1.11 bits per heavy atom. The van der Waals surface area contributed by atoms with E-state index in [0.29, 0.717) is 30.7 Å². The quantitative estimate of drug-likeness (QED) is 0.198. The molecule has 0 radical (unpaired) electrons. The fraction of sp³-hybridized carbons (Fsp3) is 0.250. The zero-order chi connectivity index (χ0) is 24.5. The lowest BCUT2D eigenvalue weighted by atomic mass is 9.99. The number of methoxy groups -OCH3 is 1. The van der Waals surface area contributed by atoms with Crippen molar-refractivity contribution in [2.24, 2.45) is 0 Å². The van der Waals surface area contributed by atoms with Crippen LogP contribution in [0.15, 0.2) is 65.6 Å². The Morgan fingerprint density at radius 3 is 2.69 bits per heavy atom. The van der Waals surface area contributed by atoms with Gasteiger partial charge in [0.05, 0.1) is 16.6 Å². The molecule has 0 aliphatic heterocycles. The Balaban J connectivity index is 1.67. The molecule has 0 atom stereocenters. The Bertz CT molecular complexity index is 1640. The minimum atomic E-state index is -0.195. The number of hydrogen-bond donors (Lipinski definition) is 1. The predicted octanol–water partition coefficient (Wildman–Crippen LogP) is 4.24. The van der Waals surface area contributed by atoms with E-state index in [-0.39, 0.29) is 18.1 Å². The molecule has 5 aromatic rings. The standard InChI is InChI=1S/C28H27N3O4/c1-17(2)15-21-23(35-16-24(32)29-12-6-14-34-3)10-9-22-25(21)20-11-13-30-26-18-7-4-5-8-19(18)28(33)31(22)27(20)26/h4-5,7-11,13H,1,6,12,14-16H2,2-3H3,(H,29,32). The van der Waals surface area contributed by atoms with Gasteiger partial charge >= 0.3 is 0 Å². The molecule has 5 rings (SSSR count). The van der Waals surface area contributed by atoms with Crippen LogP contribution in [-0.2, 0) is 16.0 Å². The summed E-state index contributed by atoms with van der Waals surface area (Å²) in [6, 6.07) is 13.2. The highest BCUT2D eigenvalue weighted by molar-refractivity contribution is 6.19. The van der Waals surface area contributed by atoms with Gasteiger partial charge in [0.2, 0.25) is 0 Å².